The molecule has 2 aromatic carbocycles. The van der Waals surface area contributed by atoms with Crippen molar-refractivity contribution in [3.05, 3.63) is 59.9 Å². The molecule has 0 radical (unpaired) electrons. The highest BCUT2D eigenvalue weighted by atomic mass is 19.1. The van der Waals surface area contributed by atoms with E-state index in [0.717, 1.165) is 5.56 Å². The van der Waals surface area contributed by atoms with Crippen LogP contribution < -0.4 is 20.3 Å². The van der Waals surface area contributed by atoms with E-state index >= 15 is 0 Å². The number of halogens is 1. The Morgan fingerprint density at radius 3 is 2.12 bits per heavy atom. The second kappa shape index (κ2) is 8.52. The molecule has 0 spiro atoms. The van der Waals surface area contributed by atoms with Crippen molar-refractivity contribution in [1.82, 2.24) is 10.9 Å². The number of para-hydroxylation sites is 1. The van der Waals surface area contributed by atoms with Crippen LogP contribution in [-0.2, 0) is 9.59 Å². The van der Waals surface area contributed by atoms with Crippen molar-refractivity contribution in [3.8, 4) is 11.5 Å². The molecule has 0 aliphatic heterocycles. The number of rotatable bonds is 6. The first-order valence-electron chi connectivity index (χ1n) is 7.19. The van der Waals surface area contributed by atoms with Crippen LogP contribution in [0.15, 0.2) is 48.5 Å². The first kappa shape index (κ1) is 17.3. The number of hydrazine groups is 1. The average Bonchev–Trinajstić information content (AvgIpc) is 2.58. The Bertz CT molecular complexity index is 704. The number of benzene rings is 2. The summed E-state index contributed by atoms with van der Waals surface area (Å²) in [5.41, 5.74) is 5.32. The van der Waals surface area contributed by atoms with Crippen LogP contribution in [0.1, 0.15) is 5.56 Å². The topological polar surface area (TPSA) is 76.7 Å². The van der Waals surface area contributed by atoms with Gasteiger partial charge in [-0.1, -0.05) is 18.2 Å². The Kier molecular flexibility index (Phi) is 6.13. The van der Waals surface area contributed by atoms with Crippen LogP contribution in [0.3, 0.4) is 0 Å². The van der Waals surface area contributed by atoms with Crippen LogP contribution in [0.2, 0.25) is 0 Å². The monoisotopic (exact) mass is 332 g/mol. The van der Waals surface area contributed by atoms with E-state index in [1.54, 1.807) is 12.1 Å². The van der Waals surface area contributed by atoms with Gasteiger partial charge in [-0.15, -0.1) is 0 Å². The van der Waals surface area contributed by atoms with E-state index < -0.39 is 17.6 Å². The molecule has 0 bridgehead atoms. The highest BCUT2D eigenvalue weighted by Gasteiger charge is 2.07. The van der Waals surface area contributed by atoms with Gasteiger partial charge in [0, 0.05) is 0 Å². The highest BCUT2D eigenvalue weighted by Crippen LogP contribution is 2.15. The van der Waals surface area contributed by atoms with Crippen LogP contribution in [0.25, 0.3) is 0 Å². The minimum absolute atomic E-state index is 0.232. The molecule has 2 aromatic rings. The minimum Gasteiger partial charge on any atom is -0.484 e. The van der Waals surface area contributed by atoms with Crippen LogP contribution in [0, 0.1) is 12.7 Å². The molecule has 126 valence electrons. The summed E-state index contributed by atoms with van der Waals surface area (Å²) in [7, 11) is 0. The molecule has 7 heteroatoms. The number of carbonyl (C=O) groups is 2. The van der Waals surface area contributed by atoms with Crippen molar-refractivity contribution in [3.63, 3.8) is 0 Å². The van der Waals surface area contributed by atoms with Crippen LogP contribution in [0.4, 0.5) is 4.39 Å². The molecule has 0 saturated carbocycles. The Morgan fingerprint density at radius 1 is 0.917 bits per heavy atom. The van der Waals surface area contributed by atoms with Crippen molar-refractivity contribution in [2.75, 3.05) is 13.2 Å². The van der Waals surface area contributed by atoms with Crippen LogP contribution >= 0.6 is 0 Å². The van der Waals surface area contributed by atoms with Gasteiger partial charge in [0.15, 0.2) is 13.2 Å². The second-order valence-corrected chi connectivity index (χ2v) is 4.89. The lowest BCUT2D eigenvalue weighted by atomic mass is 10.2. The maximum absolute atomic E-state index is 12.7. The van der Waals surface area contributed by atoms with Gasteiger partial charge in [-0.2, -0.15) is 0 Å². The third-order valence-electron chi connectivity index (χ3n) is 2.98. The summed E-state index contributed by atoms with van der Waals surface area (Å²) in [4.78, 5) is 23.2. The number of amides is 2. The molecule has 0 atom stereocenters. The number of hydrogen-bond acceptors (Lipinski definition) is 4. The zero-order chi connectivity index (χ0) is 17.4. The minimum atomic E-state index is -0.552. The molecule has 2 N–H and O–H groups in total. The van der Waals surface area contributed by atoms with Gasteiger partial charge in [0.05, 0.1) is 0 Å². The van der Waals surface area contributed by atoms with E-state index in [4.69, 9.17) is 9.47 Å². The molecule has 0 aromatic heterocycles. The molecule has 0 heterocycles. The molecule has 2 rings (SSSR count). The highest BCUT2D eigenvalue weighted by molar-refractivity contribution is 5.83. The third kappa shape index (κ3) is 5.60. The Labute approximate surface area is 138 Å². The molecule has 24 heavy (non-hydrogen) atoms. The van der Waals surface area contributed by atoms with E-state index in [0.29, 0.717) is 11.5 Å². The van der Waals surface area contributed by atoms with Crippen molar-refractivity contribution in [1.29, 1.82) is 0 Å². The number of ether oxygens (including phenoxy) is 2. The maximum atomic E-state index is 12.7. The molecule has 0 aliphatic carbocycles. The Balaban J connectivity index is 1.66. The van der Waals surface area contributed by atoms with Crippen molar-refractivity contribution in [2.24, 2.45) is 0 Å². The molecule has 0 fully saturated rings. The Hall–Kier alpha value is -3.09. The molecule has 0 aliphatic rings. The number of nitrogens with one attached hydrogen (secondary N) is 2. The standard InChI is InChI=1S/C17H17FN2O4/c1-12-4-2-3-5-15(12)24-11-17(22)20-19-16(21)10-23-14-8-6-13(18)7-9-14/h2-9H,10-11H2,1H3,(H,19,21)(H,20,22). The SMILES string of the molecule is Cc1ccccc1OCC(=O)NNC(=O)COc1ccc(F)cc1. The average molecular weight is 332 g/mol. The fourth-order valence-corrected chi connectivity index (χ4v) is 1.75. The molecular formula is C17H17FN2O4. The predicted octanol–water partition coefficient (Wildman–Crippen LogP) is 1.74. The molecule has 0 saturated heterocycles. The summed E-state index contributed by atoms with van der Waals surface area (Å²) in [6.45, 7) is 1.32. The van der Waals surface area contributed by atoms with E-state index in [2.05, 4.69) is 10.9 Å². The fraction of sp³-hybridized carbons (Fsp3) is 0.176. The molecule has 0 unspecified atom stereocenters. The van der Waals surface area contributed by atoms with Gasteiger partial charge in [-0.05, 0) is 42.8 Å². The lowest BCUT2D eigenvalue weighted by Crippen LogP contribution is -2.45. The molecular weight excluding hydrogens is 315 g/mol. The normalized spacial score (nSPS) is 9.92. The number of hydrogen-bond donors (Lipinski definition) is 2. The van der Waals surface area contributed by atoms with Crippen molar-refractivity contribution in [2.45, 2.75) is 6.92 Å². The van der Waals surface area contributed by atoms with E-state index in [1.807, 2.05) is 19.1 Å². The number of carbonyl (C=O) groups excluding carboxylic acids is 2. The first-order valence-corrected chi connectivity index (χ1v) is 7.19. The largest absolute Gasteiger partial charge is 0.484 e. The van der Waals surface area contributed by atoms with E-state index in [1.165, 1.54) is 24.3 Å². The predicted molar refractivity (Wildman–Crippen MR) is 84.9 cm³/mol. The summed E-state index contributed by atoms with van der Waals surface area (Å²) in [6.07, 6.45) is 0. The first-order chi connectivity index (χ1) is 11.5. The zero-order valence-corrected chi connectivity index (χ0v) is 13.0. The van der Waals surface area contributed by atoms with Crippen molar-refractivity contribution >= 4 is 11.8 Å². The van der Waals surface area contributed by atoms with Gasteiger partial charge in [0.1, 0.15) is 17.3 Å². The van der Waals surface area contributed by atoms with Crippen LogP contribution in [-0.4, -0.2) is 25.0 Å². The summed E-state index contributed by atoms with van der Waals surface area (Å²) in [6, 6.07) is 12.5. The Morgan fingerprint density at radius 2 is 1.50 bits per heavy atom. The zero-order valence-electron chi connectivity index (χ0n) is 13.0. The molecule has 6 nitrogen and oxygen atoms in total. The van der Waals surface area contributed by atoms with Gasteiger partial charge < -0.3 is 9.47 Å². The summed E-state index contributed by atoms with van der Waals surface area (Å²) in [5.74, 6) is -0.510. The smallest absolute Gasteiger partial charge is 0.276 e. The summed E-state index contributed by atoms with van der Waals surface area (Å²) >= 11 is 0. The quantitative estimate of drug-likeness (QED) is 0.790. The van der Waals surface area contributed by atoms with E-state index in [9.17, 15) is 14.0 Å². The summed E-state index contributed by atoms with van der Waals surface area (Å²) < 4.78 is 23.2. The van der Waals surface area contributed by atoms with Gasteiger partial charge in [0.25, 0.3) is 11.8 Å². The van der Waals surface area contributed by atoms with Gasteiger partial charge in [0.2, 0.25) is 0 Å². The van der Waals surface area contributed by atoms with E-state index in [-0.39, 0.29) is 13.2 Å². The second-order valence-electron chi connectivity index (χ2n) is 4.89. The lowest BCUT2D eigenvalue weighted by molar-refractivity contribution is -0.131. The molecule has 2 amide bonds. The lowest BCUT2D eigenvalue weighted by Gasteiger charge is -2.10. The van der Waals surface area contributed by atoms with Crippen molar-refractivity contribution < 1.29 is 23.5 Å². The van der Waals surface area contributed by atoms with Gasteiger partial charge in [-0.3, -0.25) is 20.4 Å². The maximum Gasteiger partial charge on any atom is 0.276 e. The third-order valence-corrected chi connectivity index (χ3v) is 2.98. The van der Waals surface area contributed by atoms with Crippen LogP contribution in [0.5, 0.6) is 11.5 Å². The number of aryl methyl sites for hydroxylation is 1. The summed E-state index contributed by atoms with van der Waals surface area (Å²) in [5, 5.41) is 0. The fourth-order valence-electron chi connectivity index (χ4n) is 1.75. The van der Waals surface area contributed by atoms with Gasteiger partial charge in [-0.25, -0.2) is 4.39 Å². The van der Waals surface area contributed by atoms with Gasteiger partial charge >= 0.3 is 0 Å².